The van der Waals surface area contributed by atoms with Crippen LogP contribution in [0.1, 0.15) is 16.7 Å². The highest BCUT2D eigenvalue weighted by Crippen LogP contribution is 2.26. The number of benzene rings is 2. The van der Waals surface area contributed by atoms with Crippen LogP contribution in [0.2, 0.25) is 5.02 Å². The number of para-hydroxylation sites is 1. The van der Waals surface area contributed by atoms with E-state index in [1.54, 1.807) is 0 Å². The molecule has 0 saturated carbocycles. The van der Waals surface area contributed by atoms with E-state index in [0.717, 1.165) is 17.1 Å². The van der Waals surface area contributed by atoms with E-state index in [9.17, 15) is 0 Å². The highest BCUT2D eigenvalue weighted by Gasteiger charge is 2.08. The summed E-state index contributed by atoms with van der Waals surface area (Å²) in [7, 11) is 0. The average Bonchev–Trinajstić information content (AvgIpc) is 2.79. The highest BCUT2D eigenvalue weighted by molar-refractivity contribution is 6.35. The van der Waals surface area contributed by atoms with Crippen molar-refractivity contribution in [2.75, 3.05) is 0 Å². The molecule has 0 radical (unpaired) electrons. The molecule has 3 rings (SSSR count). The van der Waals surface area contributed by atoms with E-state index in [0.29, 0.717) is 0 Å². The Bertz CT molecular complexity index is 720. The lowest BCUT2D eigenvalue weighted by atomic mass is 10.0. The maximum absolute atomic E-state index is 6.33. The van der Waals surface area contributed by atoms with Crippen molar-refractivity contribution in [3.8, 4) is 0 Å². The molecule has 0 amide bonds. The molecule has 0 N–H and O–H groups in total. The molecule has 0 aliphatic rings. The molecule has 0 atom stereocenters. The zero-order valence-electron chi connectivity index (χ0n) is 11.2. The minimum absolute atomic E-state index is 0.814. The second kappa shape index (κ2) is 4.75. The Balaban J connectivity index is 2.12. The number of rotatable bonds is 2. The summed E-state index contributed by atoms with van der Waals surface area (Å²) in [5.74, 6) is 0. The summed E-state index contributed by atoms with van der Waals surface area (Å²) in [6, 6.07) is 14.6. The number of fused-ring (bicyclic) bond motifs is 1. The van der Waals surface area contributed by atoms with Crippen LogP contribution in [0.25, 0.3) is 10.9 Å². The number of halogens is 1. The first-order valence-corrected chi connectivity index (χ1v) is 6.83. The van der Waals surface area contributed by atoms with Gasteiger partial charge >= 0.3 is 0 Å². The van der Waals surface area contributed by atoms with Crippen molar-refractivity contribution in [1.82, 2.24) is 4.57 Å². The first-order valence-electron chi connectivity index (χ1n) is 6.45. The van der Waals surface area contributed by atoms with Crippen LogP contribution in [0.15, 0.2) is 48.7 Å². The minimum atomic E-state index is 0.814. The van der Waals surface area contributed by atoms with Crippen molar-refractivity contribution >= 4 is 22.5 Å². The van der Waals surface area contributed by atoms with Crippen LogP contribution >= 0.6 is 11.6 Å². The minimum Gasteiger partial charge on any atom is -0.342 e. The first kappa shape index (κ1) is 12.3. The molecule has 0 unspecified atom stereocenters. The molecule has 19 heavy (non-hydrogen) atoms. The summed E-state index contributed by atoms with van der Waals surface area (Å²) in [5.41, 5.74) is 5.15. The summed E-state index contributed by atoms with van der Waals surface area (Å²) in [6.07, 6.45) is 2.11. The molecular weight excluding hydrogens is 254 g/mol. The van der Waals surface area contributed by atoms with Crippen LogP contribution in [0, 0.1) is 13.8 Å². The molecular formula is C17H16ClN. The monoisotopic (exact) mass is 269 g/mol. The normalized spacial score (nSPS) is 11.1. The lowest BCUT2D eigenvalue weighted by Crippen LogP contribution is -2.02. The standard InChI is InChI=1S/C17H16ClN/c1-12-5-3-6-13(2)15(12)11-19-10-9-14-7-4-8-16(18)17(14)19/h3-10H,11H2,1-2H3. The molecule has 1 aromatic heterocycles. The quantitative estimate of drug-likeness (QED) is 0.620. The predicted octanol–water partition coefficient (Wildman–Crippen LogP) is 4.96. The van der Waals surface area contributed by atoms with Crippen LogP contribution < -0.4 is 0 Å². The van der Waals surface area contributed by atoms with Gasteiger partial charge in [-0.2, -0.15) is 0 Å². The van der Waals surface area contributed by atoms with Crippen molar-refractivity contribution in [3.05, 3.63) is 70.4 Å². The van der Waals surface area contributed by atoms with Crippen molar-refractivity contribution in [2.24, 2.45) is 0 Å². The van der Waals surface area contributed by atoms with E-state index in [1.807, 2.05) is 12.1 Å². The largest absolute Gasteiger partial charge is 0.342 e. The molecule has 0 saturated heterocycles. The van der Waals surface area contributed by atoms with E-state index in [-0.39, 0.29) is 0 Å². The fourth-order valence-corrected chi connectivity index (χ4v) is 2.91. The molecule has 0 spiro atoms. The molecule has 2 heteroatoms. The molecule has 0 bridgehead atoms. The maximum Gasteiger partial charge on any atom is 0.0672 e. The smallest absolute Gasteiger partial charge is 0.0672 e. The number of hydrogen-bond acceptors (Lipinski definition) is 0. The van der Waals surface area contributed by atoms with Gasteiger partial charge in [-0.1, -0.05) is 41.9 Å². The third-order valence-electron chi connectivity index (χ3n) is 3.71. The van der Waals surface area contributed by atoms with E-state index in [2.05, 4.69) is 54.9 Å². The van der Waals surface area contributed by atoms with Crippen LogP contribution in [-0.2, 0) is 6.54 Å². The van der Waals surface area contributed by atoms with Crippen molar-refractivity contribution in [2.45, 2.75) is 20.4 Å². The van der Waals surface area contributed by atoms with Gasteiger partial charge in [-0.05, 0) is 42.7 Å². The van der Waals surface area contributed by atoms with Crippen molar-refractivity contribution in [3.63, 3.8) is 0 Å². The van der Waals surface area contributed by atoms with Gasteiger partial charge < -0.3 is 4.57 Å². The van der Waals surface area contributed by atoms with E-state index in [4.69, 9.17) is 11.6 Å². The molecule has 0 aliphatic heterocycles. The number of aromatic nitrogens is 1. The summed E-state index contributed by atoms with van der Waals surface area (Å²) in [6.45, 7) is 5.19. The van der Waals surface area contributed by atoms with Crippen LogP contribution in [0.3, 0.4) is 0 Å². The highest BCUT2D eigenvalue weighted by atomic mass is 35.5. The third kappa shape index (κ3) is 2.15. The van der Waals surface area contributed by atoms with Gasteiger partial charge in [-0.15, -0.1) is 0 Å². The molecule has 1 nitrogen and oxygen atoms in total. The van der Waals surface area contributed by atoms with E-state index >= 15 is 0 Å². The lowest BCUT2D eigenvalue weighted by molar-refractivity contribution is 0.824. The van der Waals surface area contributed by atoms with Gasteiger partial charge in [0.1, 0.15) is 0 Å². The molecule has 0 fully saturated rings. The number of hydrogen-bond donors (Lipinski definition) is 0. The van der Waals surface area contributed by atoms with Gasteiger partial charge in [-0.3, -0.25) is 0 Å². The number of aryl methyl sites for hydroxylation is 2. The van der Waals surface area contributed by atoms with Crippen LogP contribution in [-0.4, -0.2) is 4.57 Å². The SMILES string of the molecule is Cc1cccc(C)c1Cn1ccc2cccc(Cl)c21. The molecule has 3 aromatic rings. The third-order valence-corrected chi connectivity index (χ3v) is 4.02. The zero-order chi connectivity index (χ0) is 13.4. The summed E-state index contributed by atoms with van der Waals surface area (Å²) >= 11 is 6.33. The van der Waals surface area contributed by atoms with Crippen molar-refractivity contribution in [1.29, 1.82) is 0 Å². The van der Waals surface area contributed by atoms with Gasteiger partial charge in [0.05, 0.1) is 10.5 Å². The van der Waals surface area contributed by atoms with Crippen LogP contribution in [0.5, 0.6) is 0 Å². The predicted molar refractivity (Wildman–Crippen MR) is 82.0 cm³/mol. The second-order valence-electron chi connectivity index (χ2n) is 4.99. The average molecular weight is 270 g/mol. The summed E-state index contributed by atoms with van der Waals surface area (Å²) in [4.78, 5) is 0. The van der Waals surface area contributed by atoms with Gasteiger partial charge in [0.15, 0.2) is 0 Å². The van der Waals surface area contributed by atoms with Crippen molar-refractivity contribution < 1.29 is 0 Å². The van der Waals surface area contributed by atoms with Gasteiger partial charge in [-0.25, -0.2) is 0 Å². The Morgan fingerprint density at radius 1 is 0.947 bits per heavy atom. The van der Waals surface area contributed by atoms with Gasteiger partial charge in [0.25, 0.3) is 0 Å². The topological polar surface area (TPSA) is 4.93 Å². The zero-order valence-corrected chi connectivity index (χ0v) is 11.9. The molecule has 1 heterocycles. The number of nitrogens with zero attached hydrogens (tertiary/aromatic N) is 1. The Labute approximate surface area is 118 Å². The van der Waals surface area contributed by atoms with Crippen LogP contribution in [0.4, 0.5) is 0 Å². The Hall–Kier alpha value is -1.73. The Kier molecular flexibility index (Phi) is 3.08. The molecule has 2 aromatic carbocycles. The Morgan fingerprint density at radius 3 is 2.37 bits per heavy atom. The Morgan fingerprint density at radius 2 is 1.63 bits per heavy atom. The summed E-state index contributed by atoms with van der Waals surface area (Å²) in [5, 5.41) is 2.01. The molecule has 0 aliphatic carbocycles. The fourth-order valence-electron chi connectivity index (χ4n) is 2.61. The lowest BCUT2D eigenvalue weighted by Gasteiger charge is -2.12. The van der Waals surface area contributed by atoms with Gasteiger partial charge in [0.2, 0.25) is 0 Å². The summed E-state index contributed by atoms with van der Waals surface area (Å²) < 4.78 is 2.23. The van der Waals surface area contributed by atoms with Gasteiger partial charge in [0, 0.05) is 18.1 Å². The van der Waals surface area contributed by atoms with E-state index < -0.39 is 0 Å². The second-order valence-corrected chi connectivity index (χ2v) is 5.40. The molecule has 96 valence electrons. The van der Waals surface area contributed by atoms with E-state index in [1.165, 1.54) is 22.1 Å². The first-order chi connectivity index (χ1) is 9.16. The maximum atomic E-state index is 6.33. The fraction of sp³-hybridized carbons (Fsp3) is 0.176.